The number of pyridine rings is 1. The Labute approximate surface area is 208 Å². The number of nitrogens with one attached hydrogen (secondary N) is 1. The fraction of sp³-hybridized carbons (Fsp3) is 0.148. The number of carbonyl (C=O) groups excluding carboxylic acids is 1. The predicted molar refractivity (Wildman–Crippen MR) is 133 cm³/mol. The fourth-order valence-electron chi connectivity index (χ4n) is 4.95. The number of nitrogens with zero attached hydrogens (tertiary/aromatic N) is 2. The van der Waals surface area contributed by atoms with Gasteiger partial charge >= 0.3 is 0 Å². The lowest BCUT2D eigenvalue weighted by Gasteiger charge is -2.19. The van der Waals surface area contributed by atoms with Crippen LogP contribution in [-0.2, 0) is 6.42 Å². The number of fused-ring (bicyclic) bond motifs is 4. The summed E-state index contributed by atoms with van der Waals surface area (Å²) in [5, 5.41) is 19.0. The predicted octanol–water partition coefficient (Wildman–Crippen LogP) is 4.62. The van der Waals surface area contributed by atoms with Gasteiger partial charge in [0.25, 0.3) is 11.5 Å². The van der Waals surface area contributed by atoms with Crippen molar-refractivity contribution in [1.82, 2.24) is 15.0 Å². The van der Waals surface area contributed by atoms with Crippen LogP contribution in [0.4, 0.5) is 4.39 Å². The van der Waals surface area contributed by atoms with E-state index in [4.69, 9.17) is 16.1 Å². The minimum atomic E-state index is -0.856. The van der Waals surface area contributed by atoms with Gasteiger partial charge in [0, 0.05) is 23.1 Å². The Bertz CT molecular complexity index is 1740. The Morgan fingerprint density at radius 1 is 1.17 bits per heavy atom. The number of carbonyl (C=O) groups is 1. The maximum Gasteiger partial charge on any atom is 0.268 e. The van der Waals surface area contributed by atoms with Crippen molar-refractivity contribution in [3.63, 3.8) is 0 Å². The van der Waals surface area contributed by atoms with Gasteiger partial charge in [0.1, 0.15) is 22.5 Å². The zero-order valence-corrected chi connectivity index (χ0v) is 19.7. The van der Waals surface area contributed by atoms with E-state index in [0.29, 0.717) is 50.3 Å². The van der Waals surface area contributed by atoms with E-state index >= 15 is 0 Å². The number of hydrogen-bond donors (Lipinski definition) is 2. The molecule has 9 heteroatoms. The second-order valence-electron chi connectivity index (χ2n) is 8.85. The number of hydrogen-bond acceptors (Lipinski definition) is 5. The van der Waals surface area contributed by atoms with Crippen LogP contribution in [0.15, 0.2) is 70.0 Å². The molecule has 0 aliphatic heterocycles. The van der Waals surface area contributed by atoms with Gasteiger partial charge in [-0.1, -0.05) is 28.9 Å². The molecule has 2 aromatic heterocycles. The molecule has 2 heterocycles. The molecular weight excluding hydrogens is 485 g/mol. The molecule has 36 heavy (non-hydrogen) atoms. The van der Waals surface area contributed by atoms with Crippen molar-refractivity contribution in [3.8, 4) is 5.69 Å². The number of amides is 1. The van der Waals surface area contributed by atoms with E-state index in [0.717, 1.165) is 5.56 Å². The zero-order valence-electron chi connectivity index (χ0n) is 19.0. The van der Waals surface area contributed by atoms with Crippen LogP contribution in [0.3, 0.4) is 0 Å². The fourth-order valence-corrected chi connectivity index (χ4v) is 5.21. The largest absolute Gasteiger partial charge is 0.390 e. The van der Waals surface area contributed by atoms with Crippen LogP contribution in [0, 0.1) is 12.7 Å². The number of aliphatic hydroxyl groups is 1. The van der Waals surface area contributed by atoms with Gasteiger partial charge in [-0.3, -0.25) is 14.2 Å². The summed E-state index contributed by atoms with van der Waals surface area (Å²) in [6.07, 6.45) is -0.514. The second-order valence-corrected chi connectivity index (χ2v) is 9.26. The number of benzene rings is 3. The number of aromatic nitrogens is 2. The molecule has 0 radical (unpaired) electrons. The number of aryl methyl sites for hydroxylation is 1. The lowest BCUT2D eigenvalue weighted by atomic mass is 10.0. The first-order valence-electron chi connectivity index (χ1n) is 11.3. The van der Waals surface area contributed by atoms with E-state index in [-0.39, 0.29) is 11.1 Å². The summed E-state index contributed by atoms with van der Waals surface area (Å²) in [4.78, 5) is 26.5. The molecule has 0 fully saturated rings. The van der Waals surface area contributed by atoms with Crippen molar-refractivity contribution >= 4 is 39.3 Å². The Kier molecular flexibility index (Phi) is 5.17. The first-order chi connectivity index (χ1) is 17.3. The Morgan fingerprint density at radius 3 is 2.72 bits per heavy atom. The zero-order chi connectivity index (χ0) is 25.1. The van der Waals surface area contributed by atoms with E-state index in [1.54, 1.807) is 37.3 Å². The molecule has 2 atom stereocenters. The van der Waals surface area contributed by atoms with Crippen LogP contribution in [0.5, 0.6) is 0 Å². The summed E-state index contributed by atoms with van der Waals surface area (Å²) in [7, 11) is 0. The van der Waals surface area contributed by atoms with Crippen LogP contribution in [-0.4, -0.2) is 26.8 Å². The molecule has 0 saturated heterocycles. The van der Waals surface area contributed by atoms with E-state index in [9.17, 15) is 19.1 Å². The van der Waals surface area contributed by atoms with Gasteiger partial charge in [-0.25, -0.2) is 4.39 Å². The maximum atomic E-state index is 13.6. The van der Waals surface area contributed by atoms with Crippen molar-refractivity contribution in [3.05, 3.63) is 104 Å². The average Bonchev–Trinajstić information content (AvgIpc) is 3.39. The molecule has 7 nitrogen and oxygen atoms in total. The molecule has 0 bridgehead atoms. The van der Waals surface area contributed by atoms with Gasteiger partial charge in [0.05, 0.1) is 22.7 Å². The smallest absolute Gasteiger partial charge is 0.268 e. The van der Waals surface area contributed by atoms with Gasteiger partial charge in [0.15, 0.2) is 0 Å². The Balaban J connectivity index is 1.50. The third-order valence-electron chi connectivity index (χ3n) is 6.68. The third-order valence-corrected chi connectivity index (χ3v) is 6.99. The molecule has 5 aromatic rings. The van der Waals surface area contributed by atoms with Crippen molar-refractivity contribution in [1.29, 1.82) is 0 Å². The highest BCUT2D eigenvalue weighted by Gasteiger charge is 2.33. The van der Waals surface area contributed by atoms with Crippen LogP contribution in [0.1, 0.15) is 33.3 Å². The molecule has 2 unspecified atom stereocenters. The lowest BCUT2D eigenvalue weighted by Crippen LogP contribution is -2.34. The highest BCUT2D eigenvalue weighted by Crippen LogP contribution is 2.35. The molecule has 2 N–H and O–H groups in total. The summed E-state index contributed by atoms with van der Waals surface area (Å²) in [6.45, 7) is 1.67. The minimum absolute atomic E-state index is 0.276. The van der Waals surface area contributed by atoms with Gasteiger partial charge < -0.3 is 14.9 Å². The molecule has 6 rings (SSSR count). The third kappa shape index (κ3) is 3.41. The molecule has 0 saturated carbocycles. The van der Waals surface area contributed by atoms with Crippen LogP contribution < -0.4 is 10.9 Å². The summed E-state index contributed by atoms with van der Waals surface area (Å²) in [5.74, 6) is -0.500. The summed E-state index contributed by atoms with van der Waals surface area (Å²) < 4.78 is 20.1. The van der Waals surface area contributed by atoms with E-state index in [2.05, 4.69) is 10.5 Å². The van der Waals surface area contributed by atoms with Crippen LogP contribution >= 0.6 is 11.6 Å². The summed E-state index contributed by atoms with van der Waals surface area (Å²) in [6, 6.07) is 15.2. The van der Waals surface area contributed by atoms with E-state index < -0.39 is 23.9 Å². The topological polar surface area (TPSA) is 97.4 Å². The summed E-state index contributed by atoms with van der Waals surface area (Å²) >= 11 is 6.52. The van der Waals surface area contributed by atoms with Gasteiger partial charge in [-0.15, -0.1) is 0 Å². The van der Waals surface area contributed by atoms with Crippen molar-refractivity contribution in [2.75, 3.05) is 0 Å². The molecule has 1 amide bonds. The van der Waals surface area contributed by atoms with Crippen molar-refractivity contribution in [2.24, 2.45) is 0 Å². The number of rotatable bonds is 3. The highest BCUT2D eigenvalue weighted by molar-refractivity contribution is 6.37. The SMILES string of the molecule is Cc1onc2c1c(=O)n(-c1ccc3c(c1)C(NC(=O)c1ccc(F)cc1)C(O)C3)c1cccc(Cl)c21. The average molecular weight is 504 g/mol. The maximum absolute atomic E-state index is 13.6. The monoisotopic (exact) mass is 503 g/mol. The van der Waals surface area contributed by atoms with Crippen molar-refractivity contribution < 1.29 is 18.8 Å². The van der Waals surface area contributed by atoms with Gasteiger partial charge in [0.2, 0.25) is 0 Å². The van der Waals surface area contributed by atoms with Crippen LogP contribution in [0.25, 0.3) is 27.5 Å². The second kappa shape index (κ2) is 8.29. The molecule has 1 aliphatic carbocycles. The Hall–Kier alpha value is -4.01. The normalized spacial score (nSPS) is 17.0. The van der Waals surface area contributed by atoms with E-state index in [1.807, 2.05) is 6.07 Å². The quantitative estimate of drug-likeness (QED) is 0.374. The molecule has 3 aromatic carbocycles. The molecule has 180 valence electrons. The van der Waals surface area contributed by atoms with Gasteiger partial charge in [-0.2, -0.15) is 0 Å². The number of aliphatic hydroxyl groups excluding tert-OH is 1. The highest BCUT2D eigenvalue weighted by atomic mass is 35.5. The standard InChI is InChI=1S/C27H19ClFN3O4/c1-13-22-25(31-36-13)23-19(28)3-2-4-20(23)32(27(22)35)17-10-7-15-11-21(33)24(18(15)12-17)30-26(34)14-5-8-16(29)9-6-14/h2-10,12,21,24,33H,11H2,1H3,(H,30,34). The first-order valence-corrected chi connectivity index (χ1v) is 11.7. The lowest BCUT2D eigenvalue weighted by molar-refractivity contribution is 0.0858. The Morgan fingerprint density at radius 2 is 1.94 bits per heavy atom. The molecule has 0 spiro atoms. The first kappa shape index (κ1) is 22.5. The summed E-state index contributed by atoms with van der Waals surface area (Å²) in [5.41, 5.74) is 3.01. The van der Waals surface area contributed by atoms with Crippen LogP contribution in [0.2, 0.25) is 5.02 Å². The minimum Gasteiger partial charge on any atom is -0.390 e. The van der Waals surface area contributed by atoms with Crippen molar-refractivity contribution in [2.45, 2.75) is 25.5 Å². The molecular formula is C27H19ClFN3O4. The molecule has 1 aliphatic rings. The van der Waals surface area contributed by atoms with E-state index in [1.165, 1.54) is 28.8 Å². The number of halogens is 2. The van der Waals surface area contributed by atoms with Gasteiger partial charge in [-0.05, 0) is 66.6 Å².